The largest absolute Gasteiger partial charge is 0.368 e. The summed E-state index contributed by atoms with van der Waals surface area (Å²) in [5, 5.41) is 4.60. The number of nitrogens with zero attached hydrogens (tertiary/aromatic N) is 4. The second-order valence-electron chi connectivity index (χ2n) is 7.94. The van der Waals surface area contributed by atoms with Gasteiger partial charge in [0.15, 0.2) is 0 Å². The highest BCUT2D eigenvalue weighted by Gasteiger charge is 2.17. The number of hydrogen-bond acceptors (Lipinski definition) is 4. The molecule has 1 aliphatic rings. The van der Waals surface area contributed by atoms with Crippen LogP contribution in [0.1, 0.15) is 43.0 Å². The molecule has 1 fully saturated rings. The number of guanidine groups is 2. The fourth-order valence-electron chi connectivity index (χ4n) is 3.70. The zero-order valence-corrected chi connectivity index (χ0v) is 18.6. The molecule has 7 N–H and O–H groups in total. The van der Waals surface area contributed by atoms with E-state index in [0.29, 0.717) is 29.7 Å². The number of nitrogens with two attached hydrogens (primary N) is 3. The lowest BCUT2D eigenvalue weighted by Gasteiger charge is -2.33. The van der Waals surface area contributed by atoms with Crippen LogP contribution in [0.4, 0.5) is 11.5 Å². The predicted octanol–water partition coefficient (Wildman–Crippen LogP) is 1.23. The Morgan fingerprint density at radius 1 is 1.22 bits per heavy atom. The number of quaternary nitrogens is 1. The second kappa shape index (κ2) is 11.9. The van der Waals surface area contributed by atoms with Crippen molar-refractivity contribution in [2.45, 2.75) is 38.6 Å². The minimum atomic E-state index is -0.0904. The van der Waals surface area contributed by atoms with Crippen LogP contribution in [0.25, 0.3) is 0 Å². The Labute approximate surface area is 189 Å². The molecule has 1 aliphatic heterocycles. The number of carbonyl (C=O) groups is 1. The highest BCUT2D eigenvalue weighted by molar-refractivity contribution is 5.95. The Bertz CT molecular complexity index is 927. The number of amides is 1. The number of nitrogens with one attached hydrogen (secondary N) is 1. The molecule has 1 atom stereocenters. The molecule has 32 heavy (non-hydrogen) atoms. The van der Waals surface area contributed by atoms with E-state index in [9.17, 15) is 4.79 Å². The first-order valence-electron chi connectivity index (χ1n) is 11.1. The van der Waals surface area contributed by atoms with E-state index in [1.54, 1.807) is 35.8 Å². The van der Waals surface area contributed by atoms with E-state index in [0.717, 1.165) is 19.5 Å². The van der Waals surface area contributed by atoms with Gasteiger partial charge in [0, 0.05) is 37.0 Å². The summed E-state index contributed by atoms with van der Waals surface area (Å²) < 4.78 is 0. The number of aromatic nitrogens is 1. The van der Waals surface area contributed by atoms with Crippen molar-refractivity contribution in [3.63, 3.8) is 0 Å². The SMILES string of the molecule is CC1CCCCN1CCCNC(=O)c1ccc(N=C(N)N=C(N)[NH2+]c2ccccn2)cc1. The molecule has 1 saturated heterocycles. The van der Waals surface area contributed by atoms with Crippen LogP contribution in [0.3, 0.4) is 0 Å². The van der Waals surface area contributed by atoms with Crippen molar-refractivity contribution >= 4 is 29.3 Å². The Kier molecular flexibility index (Phi) is 8.70. The zero-order chi connectivity index (χ0) is 22.8. The van der Waals surface area contributed by atoms with Crippen LogP contribution < -0.4 is 22.1 Å². The maximum atomic E-state index is 12.4. The Morgan fingerprint density at radius 2 is 2.03 bits per heavy atom. The van der Waals surface area contributed by atoms with E-state index in [2.05, 4.69) is 32.1 Å². The van der Waals surface area contributed by atoms with Crippen molar-refractivity contribution in [1.82, 2.24) is 15.2 Å². The van der Waals surface area contributed by atoms with Crippen LogP contribution in [0, 0.1) is 0 Å². The topological polar surface area (TPSA) is 139 Å². The summed E-state index contributed by atoms with van der Waals surface area (Å²) in [5.74, 6) is 0.827. The lowest BCUT2D eigenvalue weighted by molar-refractivity contribution is -0.450. The minimum Gasteiger partial charge on any atom is -0.368 e. The molecule has 0 radical (unpaired) electrons. The Hall–Kier alpha value is -3.30. The van der Waals surface area contributed by atoms with Gasteiger partial charge in [-0.2, -0.15) is 0 Å². The lowest BCUT2D eigenvalue weighted by atomic mass is 10.0. The van der Waals surface area contributed by atoms with Crippen LogP contribution >= 0.6 is 0 Å². The number of piperidine rings is 1. The van der Waals surface area contributed by atoms with Crippen LogP contribution in [-0.2, 0) is 0 Å². The van der Waals surface area contributed by atoms with Gasteiger partial charge >= 0.3 is 5.96 Å². The first-order valence-corrected chi connectivity index (χ1v) is 11.1. The molecule has 0 bridgehead atoms. The Morgan fingerprint density at radius 3 is 2.75 bits per heavy atom. The molecular weight excluding hydrogens is 404 g/mol. The van der Waals surface area contributed by atoms with E-state index >= 15 is 0 Å². The minimum absolute atomic E-state index is 0.0267. The Balaban J connectivity index is 1.46. The van der Waals surface area contributed by atoms with Crippen LogP contribution in [-0.4, -0.2) is 53.4 Å². The van der Waals surface area contributed by atoms with Crippen molar-refractivity contribution in [1.29, 1.82) is 0 Å². The molecule has 1 aromatic carbocycles. The molecule has 2 aromatic rings. The molecule has 2 heterocycles. The molecule has 1 amide bonds. The van der Waals surface area contributed by atoms with E-state index in [4.69, 9.17) is 11.5 Å². The lowest BCUT2D eigenvalue weighted by Crippen LogP contribution is -2.85. The molecule has 9 nitrogen and oxygen atoms in total. The summed E-state index contributed by atoms with van der Waals surface area (Å²) in [6.07, 6.45) is 6.49. The maximum Gasteiger partial charge on any atom is 0.306 e. The van der Waals surface area contributed by atoms with Gasteiger partial charge in [0.25, 0.3) is 5.91 Å². The van der Waals surface area contributed by atoms with Crippen LogP contribution in [0.15, 0.2) is 58.6 Å². The van der Waals surface area contributed by atoms with E-state index in [1.165, 1.54) is 19.3 Å². The standard InChI is InChI=1S/C23H32N8O/c1-17-7-3-5-15-31(17)16-6-14-27-21(32)18-9-11-19(12-10-18)28-22(24)30-23(25)29-20-8-2-4-13-26-20/h2,4,8-13,17H,3,5-7,14-16H2,1H3,(H,27,32)(H5,24,25,26,28,29,30)/p+1. The number of pyridine rings is 1. The van der Waals surface area contributed by atoms with Gasteiger partial charge in [-0.1, -0.05) is 12.5 Å². The first-order chi connectivity index (χ1) is 15.5. The molecule has 0 aliphatic carbocycles. The molecule has 9 heteroatoms. The maximum absolute atomic E-state index is 12.4. The molecule has 0 spiro atoms. The molecule has 3 rings (SSSR count). The summed E-state index contributed by atoms with van der Waals surface area (Å²) in [7, 11) is 0. The van der Waals surface area contributed by atoms with Crippen molar-refractivity contribution in [2.24, 2.45) is 21.5 Å². The van der Waals surface area contributed by atoms with Gasteiger partial charge < -0.3 is 21.7 Å². The van der Waals surface area contributed by atoms with Gasteiger partial charge in [0.2, 0.25) is 11.8 Å². The molecular formula is C23H33N8O+. The van der Waals surface area contributed by atoms with Crippen LogP contribution in [0.5, 0.6) is 0 Å². The summed E-state index contributed by atoms with van der Waals surface area (Å²) in [6.45, 7) is 5.13. The fourth-order valence-corrected chi connectivity index (χ4v) is 3.70. The highest BCUT2D eigenvalue weighted by atomic mass is 16.1. The third-order valence-electron chi connectivity index (χ3n) is 5.45. The smallest absolute Gasteiger partial charge is 0.306 e. The third kappa shape index (κ3) is 7.44. The third-order valence-corrected chi connectivity index (χ3v) is 5.45. The molecule has 1 aromatic heterocycles. The van der Waals surface area contributed by atoms with Crippen LogP contribution in [0.2, 0.25) is 0 Å². The van der Waals surface area contributed by atoms with Gasteiger partial charge in [0.05, 0.1) is 5.69 Å². The van der Waals surface area contributed by atoms with Crippen molar-refractivity contribution in [2.75, 3.05) is 19.6 Å². The van der Waals surface area contributed by atoms with Gasteiger partial charge in [-0.15, -0.1) is 4.99 Å². The monoisotopic (exact) mass is 437 g/mol. The second-order valence-corrected chi connectivity index (χ2v) is 7.94. The van der Waals surface area contributed by atoms with Gasteiger partial charge in [-0.05, 0) is 63.1 Å². The number of benzene rings is 1. The number of aliphatic imine (C=N–C) groups is 2. The summed E-state index contributed by atoms with van der Waals surface area (Å²) in [6, 6.07) is 13.0. The number of carbonyl (C=O) groups excluding carboxylic acids is 1. The molecule has 1 unspecified atom stereocenters. The van der Waals surface area contributed by atoms with Crippen molar-refractivity contribution in [3.8, 4) is 0 Å². The van der Waals surface area contributed by atoms with Crippen molar-refractivity contribution < 1.29 is 10.1 Å². The average Bonchev–Trinajstić information content (AvgIpc) is 2.78. The zero-order valence-electron chi connectivity index (χ0n) is 18.6. The van der Waals surface area contributed by atoms with Crippen molar-refractivity contribution in [3.05, 3.63) is 54.2 Å². The van der Waals surface area contributed by atoms with E-state index in [-0.39, 0.29) is 17.8 Å². The average molecular weight is 438 g/mol. The van der Waals surface area contributed by atoms with Gasteiger partial charge in [-0.3, -0.25) is 4.79 Å². The highest BCUT2D eigenvalue weighted by Crippen LogP contribution is 2.16. The number of likely N-dealkylation sites (tertiary alicyclic amines) is 1. The molecule has 170 valence electrons. The van der Waals surface area contributed by atoms with Gasteiger partial charge in [0.1, 0.15) is 0 Å². The summed E-state index contributed by atoms with van der Waals surface area (Å²) in [4.78, 5) is 27.3. The summed E-state index contributed by atoms with van der Waals surface area (Å²) in [5.41, 5.74) is 12.9. The first kappa shape index (κ1) is 23.4. The fraction of sp³-hybridized carbons (Fsp3) is 0.391. The van der Waals surface area contributed by atoms with E-state index in [1.807, 2.05) is 18.2 Å². The number of hydrogen-bond donors (Lipinski definition) is 4. The summed E-state index contributed by atoms with van der Waals surface area (Å²) >= 11 is 0. The predicted molar refractivity (Wildman–Crippen MR) is 127 cm³/mol. The normalized spacial score (nSPS) is 17.8. The van der Waals surface area contributed by atoms with Gasteiger partial charge in [-0.25, -0.2) is 15.3 Å². The van der Waals surface area contributed by atoms with E-state index < -0.39 is 0 Å². The number of rotatable bonds is 7. The quantitative estimate of drug-likeness (QED) is 0.293. The molecule has 0 saturated carbocycles.